The Hall–Kier alpha value is -2.33. The number of likely N-dealkylation sites (N-methyl/N-ethyl adjacent to an activating group) is 1. The van der Waals surface area contributed by atoms with Crippen LogP contribution in [0.1, 0.15) is 25.3 Å². The fourth-order valence-electron chi connectivity index (χ4n) is 2.31. The maximum Gasteiger partial charge on any atom is 0.238 e. The zero-order valence-electron chi connectivity index (χ0n) is 14.7. The van der Waals surface area contributed by atoms with Crippen LogP contribution in [0.25, 0.3) is 0 Å². The van der Waals surface area contributed by atoms with Gasteiger partial charge in [-0.15, -0.1) is 0 Å². The van der Waals surface area contributed by atoms with E-state index in [1.807, 2.05) is 54.4 Å². The topological polar surface area (TPSA) is 41.6 Å². The number of carbonyl (C=O) groups excluding carboxylic acids is 1. The molecule has 0 unspecified atom stereocenters. The molecule has 0 saturated carbocycles. The van der Waals surface area contributed by atoms with Gasteiger partial charge in [0, 0.05) is 12.2 Å². The molecule has 0 aliphatic carbocycles. The Bertz CT molecular complexity index is 624. The Labute approximate surface area is 144 Å². The lowest BCUT2D eigenvalue weighted by atomic mass is 10.0. The van der Waals surface area contributed by atoms with Crippen molar-refractivity contribution in [3.05, 3.63) is 60.2 Å². The van der Waals surface area contributed by atoms with E-state index in [4.69, 9.17) is 4.74 Å². The van der Waals surface area contributed by atoms with Gasteiger partial charge < -0.3 is 10.1 Å². The first-order valence-electron chi connectivity index (χ1n) is 8.31. The molecule has 0 atom stereocenters. The summed E-state index contributed by atoms with van der Waals surface area (Å²) in [6.07, 6.45) is 0. The van der Waals surface area contributed by atoms with Gasteiger partial charge in [-0.05, 0) is 42.8 Å². The molecule has 0 heterocycles. The molecule has 0 aliphatic rings. The second-order valence-corrected chi connectivity index (χ2v) is 6.22. The van der Waals surface area contributed by atoms with Crippen LogP contribution in [0.15, 0.2) is 54.6 Å². The van der Waals surface area contributed by atoms with Crippen LogP contribution in [0.4, 0.5) is 5.69 Å². The number of ether oxygens (including phenoxy) is 1. The van der Waals surface area contributed by atoms with Crippen molar-refractivity contribution in [3.63, 3.8) is 0 Å². The molecule has 2 rings (SSSR count). The molecular formula is C20H26N2O2. The number of rotatable bonds is 8. The van der Waals surface area contributed by atoms with E-state index in [2.05, 4.69) is 31.3 Å². The van der Waals surface area contributed by atoms with E-state index in [-0.39, 0.29) is 5.91 Å². The summed E-state index contributed by atoms with van der Waals surface area (Å²) in [5.41, 5.74) is 2.10. The molecule has 0 radical (unpaired) electrons. The van der Waals surface area contributed by atoms with Gasteiger partial charge >= 0.3 is 0 Å². The Morgan fingerprint density at radius 2 is 1.75 bits per heavy atom. The Balaban J connectivity index is 1.71. The third-order valence-corrected chi connectivity index (χ3v) is 3.76. The molecule has 24 heavy (non-hydrogen) atoms. The first kappa shape index (κ1) is 18.0. The largest absolute Gasteiger partial charge is 0.492 e. The van der Waals surface area contributed by atoms with Gasteiger partial charge in [0.2, 0.25) is 5.91 Å². The maximum absolute atomic E-state index is 12.1. The van der Waals surface area contributed by atoms with Crippen LogP contribution in [0.3, 0.4) is 0 Å². The predicted molar refractivity (Wildman–Crippen MR) is 98.6 cm³/mol. The average molecular weight is 326 g/mol. The van der Waals surface area contributed by atoms with Crippen LogP contribution in [-0.2, 0) is 4.79 Å². The molecule has 0 saturated heterocycles. The van der Waals surface area contributed by atoms with Crippen molar-refractivity contribution in [1.29, 1.82) is 0 Å². The summed E-state index contributed by atoms with van der Waals surface area (Å²) in [4.78, 5) is 14.0. The number of amides is 1. The molecule has 0 spiro atoms. The van der Waals surface area contributed by atoms with E-state index in [0.717, 1.165) is 11.4 Å². The molecule has 0 fully saturated rings. The molecule has 0 aliphatic heterocycles. The molecule has 4 heteroatoms. The molecule has 1 amide bonds. The maximum atomic E-state index is 12.1. The molecular weight excluding hydrogens is 300 g/mol. The van der Waals surface area contributed by atoms with Crippen LogP contribution >= 0.6 is 0 Å². The number of hydrogen-bond donors (Lipinski definition) is 1. The fraction of sp³-hybridized carbons (Fsp3) is 0.350. The number of anilines is 1. The first-order valence-corrected chi connectivity index (χ1v) is 8.31. The molecule has 128 valence electrons. The van der Waals surface area contributed by atoms with Crippen molar-refractivity contribution < 1.29 is 9.53 Å². The smallest absolute Gasteiger partial charge is 0.238 e. The van der Waals surface area contributed by atoms with Crippen LogP contribution in [0, 0.1) is 0 Å². The van der Waals surface area contributed by atoms with Gasteiger partial charge in [0.1, 0.15) is 12.4 Å². The van der Waals surface area contributed by atoms with Crippen molar-refractivity contribution in [2.24, 2.45) is 0 Å². The van der Waals surface area contributed by atoms with Crippen molar-refractivity contribution in [2.75, 3.05) is 32.1 Å². The summed E-state index contributed by atoms with van der Waals surface area (Å²) in [5.74, 6) is 1.32. The highest BCUT2D eigenvalue weighted by atomic mass is 16.5. The van der Waals surface area contributed by atoms with Crippen molar-refractivity contribution in [3.8, 4) is 5.75 Å². The van der Waals surface area contributed by atoms with Crippen molar-refractivity contribution in [1.82, 2.24) is 4.90 Å². The lowest BCUT2D eigenvalue weighted by Gasteiger charge is -2.17. The van der Waals surface area contributed by atoms with Crippen LogP contribution in [-0.4, -0.2) is 37.6 Å². The normalized spacial score (nSPS) is 10.9. The number of nitrogens with one attached hydrogen (secondary N) is 1. The molecule has 1 N–H and O–H groups in total. The highest BCUT2D eigenvalue weighted by Crippen LogP contribution is 2.17. The number of nitrogens with zero attached hydrogens (tertiary/aromatic N) is 1. The quantitative estimate of drug-likeness (QED) is 0.803. The standard InChI is InChI=1S/C20H26N2O2/c1-16(2)17-9-11-18(12-10-17)21-20(23)15-22(3)13-14-24-19-7-5-4-6-8-19/h4-12,16H,13-15H2,1-3H3,(H,21,23). The monoisotopic (exact) mass is 326 g/mol. The van der Waals surface area contributed by atoms with Crippen LogP contribution in [0.2, 0.25) is 0 Å². The van der Waals surface area contributed by atoms with E-state index in [1.165, 1.54) is 5.56 Å². The van der Waals surface area contributed by atoms with E-state index >= 15 is 0 Å². The minimum absolute atomic E-state index is 0.0190. The Morgan fingerprint density at radius 1 is 1.08 bits per heavy atom. The first-order chi connectivity index (χ1) is 11.5. The molecule has 2 aromatic carbocycles. The Morgan fingerprint density at radius 3 is 2.38 bits per heavy atom. The minimum Gasteiger partial charge on any atom is -0.492 e. The van der Waals surface area contributed by atoms with Gasteiger partial charge in [-0.1, -0.05) is 44.2 Å². The van der Waals surface area contributed by atoms with Crippen molar-refractivity contribution in [2.45, 2.75) is 19.8 Å². The van der Waals surface area contributed by atoms with Gasteiger partial charge in [0.15, 0.2) is 0 Å². The lowest BCUT2D eigenvalue weighted by Crippen LogP contribution is -2.33. The Kier molecular flexibility index (Phi) is 6.82. The van der Waals surface area contributed by atoms with Crippen molar-refractivity contribution >= 4 is 11.6 Å². The van der Waals surface area contributed by atoms with E-state index < -0.39 is 0 Å². The zero-order chi connectivity index (χ0) is 17.4. The van der Waals surface area contributed by atoms with Gasteiger partial charge in [0.25, 0.3) is 0 Å². The third kappa shape index (κ3) is 6.05. The summed E-state index contributed by atoms with van der Waals surface area (Å²) in [6.45, 7) is 5.88. The second-order valence-electron chi connectivity index (χ2n) is 6.22. The minimum atomic E-state index is -0.0190. The third-order valence-electron chi connectivity index (χ3n) is 3.76. The molecule has 0 bridgehead atoms. The van der Waals surface area contributed by atoms with Crippen LogP contribution in [0.5, 0.6) is 5.75 Å². The predicted octanol–water partition coefficient (Wildman–Crippen LogP) is 3.76. The van der Waals surface area contributed by atoms with Gasteiger partial charge in [0.05, 0.1) is 6.54 Å². The second kappa shape index (κ2) is 9.08. The SMILES string of the molecule is CC(C)c1ccc(NC(=O)CN(C)CCOc2ccccc2)cc1. The van der Waals surface area contributed by atoms with Gasteiger partial charge in [-0.3, -0.25) is 9.69 Å². The number of para-hydroxylation sites is 1. The number of hydrogen-bond acceptors (Lipinski definition) is 3. The average Bonchev–Trinajstić information content (AvgIpc) is 2.56. The highest BCUT2D eigenvalue weighted by Gasteiger charge is 2.07. The van der Waals surface area contributed by atoms with Gasteiger partial charge in [-0.25, -0.2) is 0 Å². The summed E-state index contributed by atoms with van der Waals surface area (Å²) in [7, 11) is 1.91. The van der Waals surface area contributed by atoms with E-state index in [0.29, 0.717) is 25.6 Å². The fourth-order valence-corrected chi connectivity index (χ4v) is 2.31. The highest BCUT2D eigenvalue weighted by molar-refractivity contribution is 5.92. The lowest BCUT2D eigenvalue weighted by molar-refractivity contribution is -0.117. The molecule has 4 nitrogen and oxygen atoms in total. The summed E-state index contributed by atoms with van der Waals surface area (Å²) in [6, 6.07) is 17.7. The molecule has 0 aromatic heterocycles. The summed E-state index contributed by atoms with van der Waals surface area (Å²) in [5, 5.41) is 2.93. The number of carbonyl (C=O) groups is 1. The number of benzene rings is 2. The van der Waals surface area contributed by atoms with E-state index in [1.54, 1.807) is 0 Å². The zero-order valence-corrected chi connectivity index (χ0v) is 14.7. The summed E-state index contributed by atoms with van der Waals surface area (Å²) < 4.78 is 5.64. The van der Waals surface area contributed by atoms with Gasteiger partial charge in [-0.2, -0.15) is 0 Å². The van der Waals surface area contributed by atoms with Crippen LogP contribution < -0.4 is 10.1 Å². The molecule has 2 aromatic rings. The van der Waals surface area contributed by atoms with E-state index in [9.17, 15) is 4.79 Å². The summed E-state index contributed by atoms with van der Waals surface area (Å²) >= 11 is 0.